The summed E-state index contributed by atoms with van der Waals surface area (Å²) in [6, 6.07) is 10.7. The molecule has 33 heavy (non-hydrogen) atoms. The van der Waals surface area contributed by atoms with Crippen LogP contribution in [0.4, 0.5) is 9.18 Å². The second kappa shape index (κ2) is 9.51. The molecular weight excluding hydrogens is 447 g/mol. The lowest BCUT2D eigenvalue weighted by molar-refractivity contribution is -0.118. The van der Waals surface area contributed by atoms with E-state index in [1.165, 1.54) is 11.0 Å². The molecule has 4 rings (SSSR count). The fourth-order valence-electron chi connectivity index (χ4n) is 3.74. The maximum absolute atomic E-state index is 14.1. The molecule has 1 saturated carbocycles. The smallest absolute Gasteiger partial charge is 0.324 e. The quantitative estimate of drug-likeness (QED) is 0.534. The van der Waals surface area contributed by atoms with E-state index >= 15 is 0 Å². The summed E-state index contributed by atoms with van der Waals surface area (Å²) >= 11 is 0. The third kappa shape index (κ3) is 5.90. The van der Waals surface area contributed by atoms with Crippen LogP contribution in [-0.2, 0) is 21.1 Å². The number of carbonyl (C=O) groups is 2. The third-order valence-corrected chi connectivity index (χ3v) is 7.92. The number of halogens is 1. The molecule has 0 spiro atoms. The average Bonchev–Trinajstić information content (AvgIpc) is 3.54. The molecule has 3 amide bonds. The van der Waals surface area contributed by atoms with Crippen LogP contribution in [0.2, 0.25) is 0 Å². The van der Waals surface area contributed by atoms with Crippen molar-refractivity contribution >= 4 is 21.8 Å². The predicted octanol–water partition coefficient (Wildman–Crippen LogP) is 3.29. The van der Waals surface area contributed by atoms with Gasteiger partial charge in [0.2, 0.25) is 5.91 Å². The summed E-state index contributed by atoms with van der Waals surface area (Å²) in [5, 5.41) is 2.22. The Hall–Kier alpha value is -2.94. The summed E-state index contributed by atoms with van der Waals surface area (Å²) in [6.45, 7) is 2.70. The molecule has 1 N–H and O–H groups in total. The van der Waals surface area contributed by atoms with Gasteiger partial charge < -0.3 is 9.64 Å². The van der Waals surface area contributed by atoms with Crippen LogP contribution in [0.3, 0.4) is 0 Å². The molecule has 0 aromatic heterocycles. The van der Waals surface area contributed by atoms with Gasteiger partial charge >= 0.3 is 6.03 Å². The Morgan fingerprint density at radius 2 is 1.88 bits per heavy atom. The van der Waals surface area contributed by atoms with Gasteiger partial charge in [0.25, 0.3) is 0 Å². The first kappa shape index (κ1) is 23.2. The van der Waals surface area contributed by atoms with Gasteiger partial charge in [-0.2, -0.15) is 0 Å². The molecule has 0 bridgehead atoms. The van der Waals surface area contributed by atoms with Crippen molar-refractivity contribution in [3.63, 3.8) is 0 Å². The molecule has 1 heterocycles. The van der Waals surface area contributed by atoms with Gasteiger partial charge in [-0.15, -0.1) is 0 Å². The normalized spacial score (nSPS) is 17.2. The fraction of sp³-hybridized carbons (Fsp3) is 0.417. The molecule has 1 aliphatic carbocycles. The van der Waals surface area contributed by atoms with Crippen molar-refractivity contribution in [1.82, 2.24) is 10.2 Å². The van der Waals surface area contributed by atoms with Crippen LogP contribution < -0.4 is 10.1 Å². The highest BCUT2D eigenvalue weighted by atomic mass is 32.2. The zero-order valence-electron chi connectivity index (χ0n) is 18.4. The summed E-state index contributed by atoms with van der Waals surface area (Å²) in [7, 11) is -3.56. The Kier molecular flexibility index (Phi) is 6.69. The molecular formula is C24H27FN2O5S. The van der Waals surface area contributed by atoms with E-state index in [4.69, 9.17) is 4.74 Å². The zero-order chi connectivity index (χ0) is 23.6. The maximum atomic E-state index is 14.1. The van der Waals surface area contributed by atoms with Gasteiger partial charge in [0, 0.05) is 6.54 Å². The second-order valence-corrected chi connectivity index (χ2v) is 10.8. The fourth-order valence-corrected chi connectivity index (χ4v) is 5.34. The van der Waals surface area contributed by atoms with E-state index in [1.54, 1.807) is 43.3 Å². The first-order valence-corrected chi connectivity index (χ1v) is 12.7. The highest BCUT2D eigenvalue weighted by Crippen LogP contribution is 2.31. The van der Waals surface area contributed by atoms with Crippen LogP contribution in [0, 0.1) is 11.7 Å². The molecule has 2 aromatic carbocycles. The molecule has 0 unspecified atom stereocenters. The molecule has 1 atom stereocenters. The SMILES string of the molecule is C[C@@H](CS(=O)(=O)c1ccc(CCN2CC(=O)NC2=O)cc1)c1ccc(F)c(OCC2CC2)c1. The van der Waals surface area contributed by atoms with Gasteiger partial charge in [-0.05, 0) is 66.5 Å². The zero-order valence-corrected chi connectivity index (χ0v) is 19.2. The van der Waals surface area contributed by atoms with E-state index in [1.807, 2.05) is 0 Å². The Labute approximate surface area is 192 Å². The van der Waals surface area contributed by atoms with Crippen molar-refractivity contribution < 1.29 is 27.1 Å². The predicted molar refractivity (Wildman–Crippen MR) is 120 cm³/mol. The number of imide groups is 1. The van der Waals surface area contributed by atoms with Crippen molar-refractivity contribution in [2.75, 3.05) is 25.4 Å². The highest BCUT2D eigenvalue weighted by molar-refractivity contribution is 7.91. The number of urea groups is 1. The number of hydrogen-bond acceptors (Lipinski definition) is 5. The van der Waals surface area contributed by atoms with E-state index < -0.39 is 21.7 Å². The second-order valence-electron chi connectivity index (χ2n) is 8.80. The Morgan fingerprint density at radius 1 is 1.15 bits per heavy atom. The highest BCUT2D eigenvalue weighted by Gasteiger charge is 2.26. The topological polar surface area (TPSA) is 92.8 Å². The summed E-state index contributed by atoms with van der Waals surface area (Å²) < 4.78 is 45.5. The van der Waals surface area contributed by atoms with E-state index in [0.29, 0.717) is 31.1 Å². The average molecular weight is 475 g/mol. The van der Waals surface area contributed by atoms with Gasteiger partial charge in [-0.25, -0.2) is 17.6 Å². The number of benzene rings is 2. The minimum absolute atomic E-state index is 0.0416. The molecule has 0 radical (unpaired) electrons. The van der Waals surface area contributed by atoms with Crippen molar-refractivity contribution in [1.29, 1.82) is 0 Å². The van der Waals surface area contributed by atoms with E-state index in [2.05, 4.69) is 5.32 Å². The number of rotatable bonds is 10. The van der Waals surface area contributed by atoms with Crippen LogP contribution >= 0.6 is 0 Å². The molecule has 176 valence electrons. The minimum atomic E-state index is -3.56. The number of ether oxygens (including phenoxy) is 1. The van der Waals surface area contributed by atoms with Gasteiger partial charge in [0.05, 0.1) is 17.3 Å². The molecule has 2 aromatic rings. The van der Waals surface area contributed by atoms with Gasteiger partial charge in [0.15, 0.2) is 21.4 Å². The summed E-state index contributed by atoms with van der Waals surface area (Å²) in [5.41, 5.74) is 1.57. The van der Waals surface area contributed by atoms with E-state index in [0.717, 1.165) is 18.4 Å². The summed E-state index contributed by atoms with van der Waals surface area (Å²) in [6.07, 6.45) is 2.71. The van der Waals surface area contributed by atoms with Crippen molar-refractivity contribution in [2.24, 2.45) is 5.92 Å². The van der Waals surface area contributed by atoms with E-state index in [-0.39, 0.29) is 34.8 Å². The number of nitrogens with one attached hydrogen (secondary N) is 1. The molecule has 9 heteroatoms. The van der Waals surface area contributed by atoms with Crippen molar-refractivity contribution in [3.05, 3.63) is 59.4 Å². The van der Waals surface area contributed by atoms with E-state index in [9.17, 15) is 22.4 Å². The largest absolute Gasteiger partial charge is 0.490 e. The Bertz CT molecular complexity index is 1150. The van der Waals surface area contributed by atoms with Crippen LogP contribution in [0.15, 0.2) is 47.4 Å². The lowest BCUT2D eigenvalue weighted by atomic mass is 10.0. The van der Waals surface area contributed by atoms with Crippen molar-refractivity contribution in [3.8, 4) is 5.75 Å². The number of carbonyl (C=O) groups excluding carboxylic acids is 2. The Balaban J connectivity index is 1.37. The summed E-state index contributed by atoms with van der Waals surface area (Å²) in [4.78, 5) is 24.5. The van der Waals surface area contributed by atoms with Crippen molar-refractivity contribution in [2.45, 2.75) is 37.0 Å². The molecule has 1 saturated heterocycles. The Morgan fingerprint density at radius 3 is 2.52 bits per heavy atom. The maximum Gasteiger partial charge on any atom is 0.324 e. The minimum Gasteiger partial charge on any atom is -0.490 e. The number of sulfone groups is 1. The number of hydrogen-bond donors (Lipinski definition) is 1. The lowest BCUT2D eigenvalue weighted by Gasteiger charge is -2.15. The number of nitrogens with zero attached hydrogens (tertiary/aromatic N) is 1. The lowest BCUT2D eigenvalue weighted by Crippen LogP contribution is -2.30. The molecule has 1 aliphatic heterocycles. The van der Waals surface area contributed by atoms with Crippen LogP contribution in [0.5, 0.6) is 5.75 Å². The standard InChI is InChI=1S/C24H27FN2O5S/c1-16(19-6-9-21(25)22(12-19)32-14-18-2-3-18)15-33(30,31)20-7-4-17(5-8-20)10-11-27-13-23(28)26-24(27)29/h4-9,12,16,18H,2-3,10-11,13-15H2,1H3,(H,26,28,29)/t16-/m0/s1. The molecule has 7 nitrogen and oxygen atoms in total. The van der Waals surface area contributed by atoms with Gasteiger partial charge in [-0.3, -0.25) is 10.1 Å². The monoisotopic (exact) mass is 474 g/mol. The van der Waals surface area contributed by atoms with Crippen LogP contribution in [-0.4, -0.2) is 50.7 Å². The van der Waals surface area contributed by atoms with Crippen LogP contribution in [0.25, 0.3) is 0 Å². The first-order valence-electron chi connectivity index (χ1n) is 11.0. The summed E-state index contributed by atoms with van der Waals surface area (Å²) in [5.74, 6) is -0.565. The molecule has 2 aliphatic rings. The third-order valence-electron chi connectivity index (χ3n) is 5.99. The van der Waals surface area contributed by atoms with Gasteiger partial charge in [0.1, 0.15) is 6.54 Å². The van der Waals surface area contributed by atoms with Gasteiger partial charge in [-0.1, -0.05) is 25.1 Å². The van der Waals surface area contributed by atoms with Crippen LogP contribution in [0.1, 0.15) is 36.8 Å². The molecule has 2 fully saturated rings. The first-order chi connectivity index (χ1) is 15.7. The number of amides is 3.